The number of aryl methyl sites for hydroxylation is 1. The predicted octanol–water partition coefficient (Wildman–Crippen LogP) is 1.77. The van der Waals surface area contributed by atoms with Gasteiger partial charge in [-0.2, -0.15) is 0 Å². The third-order valence-corrected chi connectivity index (χ3v) is 3.51. The Morgan fingerprint density at radius 1 is 1.41 bits per heavy atom. The van der Waals surface area contributed by atoms with Gasteiger partial charge in [-0.05, 0) is 18.9 Å². The summed E-state index contributed by atoms with van der Waals surface area (Å²) in [5.74, 6) is 0.410. The number of carbonyl (C=O) groups is 1. The zero-order chi connectivity index (χ0) is 12.7. The summed E-state index contributed by atoms with van der Waals surface area (Å²) in [7, 11) is -1.12. The summed E-state index contributed by atoms with van der Waals surface area (Å²) in [6.45, 7) is 4.64. The van der Waals surface area contributed by atoms with Crippen molar-refractivity contribution in [2.75, 3.05) is 12.3 Å². The number of hydrogen-bond acceptors (Lipinski definition) is 2. The first-order chi connectivity index (χ1) is 8.11. The highest BCUT2D eigenvalue weighted by molar-refractivity contribution is 7.84. The summed E-state index contributed by atoms with van der Waals surface area (Å²) in [6, 6.07) is 7.89. The first-order valence-corrected chi connectivity index (χ1v) is 7.28. The van der Waals surface area contributed by atoms with Gasteiger partial charge < -0.3 is 5.32 Å². The SMILES string of the molecule is CCCNC(=O)C[S@](=O)Cc1cccc(C)c1. The van der Waals surface area contributed by atoms with Gasteiger partial charge in [0.15, 0.2) is 0 Å². The molecule has 1 rings (SSSR count). The minimum atomic E-state index is -1.12. The Bertz CT molecular complexity index is 404. The summed E-state index contributed by atoms with van der Waals surface area (Å²) in [4.78, 5) is 11.4. The van der Waals surface area contributed by atoms with Crippen LogP contribution in [-0.4, -0.2) is 22.4 Å². The summed E-state index contributed by atoms with van der Waals surface area (Å²) in [5, 5.41) is 2.73. The monoisotopic (exact) mass is 253 g/mol. The van der Waals surface area contributed by atoms with Gasteiger partial charge in [0.25, 0.3) is 0 Å². The first kappa shape index (κ1) is 13.9. The fourth-order valence-electron chi connectivity index (χ4n) is 1.50. The molecule has 0 aliphatic heterocycles. The second-order valence-electron chi connectivity index (χ2n) is 4.07. The molecule has 1 amide bonds. The highest BCUT2D eigenvalue weighted by Crippen LogP contribution is 2.06. The Labute approximate surface area is 105 Å². The van der Waals surface area contributed by atoms with Gasteiger partial charge in [0.1, 0.15) is 5.75 Å². The zero-order valence-corrected chi connectivity index (χ0v) is 11.2. The van der Waals surface area contributed by atoms with E-state index >= 15 is 0 Å². The summed E-state index contributed by atoms with van der Waals surface area (Å²) >= 11 is 0. The zero-order valence-electron chi connectivity index (χ0n) is 10.4. The van der Waals surface area contributed by atoms with Crippen molar-refractivity contribution >= 4 is 16.7 Å². The third-order valence-electron chi connectivity index (χ3n) is 2.27. The van der Waals surface area contributed by atoms with Crippen molar-refractivity contribution in [2.24, 2.45) is 0 Å². The van der Waals surface area contributed by atoms with E-state index < -0.39 is 10.8 Å². The van der Waals surface area contributed by atoms with Gasteiger partial charge in [-0.1, -0.05) is 36.8 Å². The Kier molecular flexibility index (Phi) is 5.91. The van der Waals surface area contributed by atoms with Crippen molar-refractivity contribution in [2.45, 2.75) is 26.0 Å². The molecule has 4 heteroatoms. The van der Waals surface area contributed by atoms with Crippen LogP contribution in [0.3, 0.4) is 0 Å². The second kappa shape index (κ2) is 7.22. The van der Waals surface area contributed by atoms with E-state index in [2.05, 4.69) is 5.32 Å². The Morgan fingerprint density at radius 2 is 2.18 bits per heavy atom. The molecule has 1 aromatic carbocycles. The number of rotatable bonds is 6. The Morgan fingerprint density at radius 3 is 2.82 bits per heavy atom. The fraction of sp³-hybridized carbons (Fsp3) is 0.462. The number of nitrogens with one attached hydrogen (secondary N) is 1. The molecule has 0 spiro atoms. The minimum Gasteiger partial charge on any atom is -0.355 e. The number of carbonyl (C=O) groups excluding carboxylic acids is 1. The standard InChI is InChI=1S/C13H19NO2S/c1-3-7-14-13(15)10-17(16)9-12-6-4-5-11(2)8-12/h4-6,8H,3,7,9-10H2,1-2H3,(H,14,15)/t17-/m1/s1. The van der Waals surface area contributed by atoms with Crippen molar-refractivity contribution in [1.82, 2.24) is 5.32 Å². The van der Waals surface area contributed by atoms with E-state index in [4.69, 9.17) is 0 Å². The summed E-state index contributed by atoms with van der Waals surface area (Å²) in [6.07, 6.45) is 0.899. The van der Waals surface area contributed by atoms with E-state index in [9.17, 15) is 9.00 Å². The molecule has 0 saturated heterocycles. The van der Waals surface area contributed by atoms with Crippen LogP contribution < -0.4 is 5.32 Å². The molecule has 0 fully saturated rings. The maximum Gasteiger partial charge on any atom is 0.232 e. The van der Waals surface area contributed by atoms with E-state index in [1.165, 1.54) is 0 Å². The molecule has 0 bridgehead atoms. The van der Waals surface area contributed by atoms with Crippen LogP contribution in [0.25, 0.3) is 0 Å². The average molecular weight is 253 g/mol. The normalized spacial score (nSPS) is 12.1. The van der Waals surface area contributed by atoms with Crippen LogP contribution in [0.4, 0.5) is 0 Å². The van der Waals surface area contributed by atoms with Gasteiger partial charge in [-0.15, -0.1) is 0 Å². The second-order valence-corrected chi connectivity index (χ2v) is 5.52. The molecule has 0 heterocycles. The van der Waals surface area contributed by atoms with E-state index in [-0.39, 0.29) is 11.7 Å². The smallest absolute Gasteiger partial charge is 0.232 e. The molecule has 1 N–H and O–H groups in total. The highest BCUT2D eigenvalue weighted by Gasteiger charge is 2.07. The quantitative estimate of drug-likeness (QED) is 0.840. The molecular formula is C13H19NO2S. The van der Waals surface area contributed by atoms with Gasteiger partial charge in [0.2, 0.25) is 5.91 Å². The van der Waals surface area contributed by atoms with Crippen LogP contribution in [0.5, 0.6) is 0 Å². The molecule has 3 nitrogen and oxygen atoms in total. The number of hydrogen-bond donors (Lipinski definition) is 1. The van der Waals surface area contributed by atoms with Gasteiger partial charge in [0.05, 0.1) is 0 Å². The first-order valence-electron chi connectivity index (χ1n) is 5.79. The molecule has 1 atom stereocenters. The van der Waals surface area contributed by atoms with Crippen LogP contribution in [0.1, 0.15) is 24.5 Å². The number of benzene rings is 1. The molecule has 0 aliphatic carbocycles. The fourth-order valence-corrected chi connectivity index (χ4v) is 2.55. The lowest BCUT2D eigenvalue weighted by Gasteiger charge is -2.04. The third kappa shape index (κ3) is 5.63. The molecular weight excluding hydrogens is 234 g/mol. The largest absolute Gasteiger partial charge is 0.355 e. The van der Waals surface area contributed by atoms with Crippen molar-refractivity contribution < 1.29 is 9.00 Å². The van der Waals surface area contributed by atoms with E-state index in [1.54, 1.807) is 0 Å². The highest BCUT2D eigenvalue weighted by atomic mass is 32.2. The van der Waals surface area contributed by atoms with E-state index in [0.29, 0.717) is 12.3 Å². The molecule has 0 unspecified atom stereocenters. The Balaban J connectivity index is 2.42. The van der Waals surface area contributed by atoms with E-state index in [0.717, 1.165) is 17.5 Å². The lowest BCUT2D eigenvalue weighted by atomic mass is 10.2. The topological polar surface area (TPSA) is 46.2 Å². The van der Waals surface area contributed by atoms with E-state index in [1.807, 2.05) is 38.1 Å². The maximum absolute atomic E-state index is 11.7. The minimum absolute atomic E-state index is 0.0912. The molecule has 0 saturated carbocycles. The van der Waals surface area contributed by atoms with Crippen LogP contribution in [0.15, 0.2) is 24.3 Å². The molecule has 0 aromatic heterocycles. The van der Waals surface area contributed by atoms with Gasteiger partial charge >= 0.3 is 0 Å². The van der Waals surface area contributed by atoms with Crippen LogP contribution in [-0.2, 0) is 21.3 Å². The van der Waals surface area contributed by atoms with Crippen molar-refractivity contribution in [3.8, 4) is 0 Å². The van der Waals surface area contributed by atoms with Crippen LogP contribution in [0, 0.1) is 6.92 Å². The molecule has 0 aliphatic rings. The van der Waals surface area contributed by atoms with Gasteiger partial charge in [-0.25, -0.2) is 0 Å². The summed E-state index contributed by atoms with van der Waals surface area (Å²) < 4.78 is 11.7. The van der Waals surface area contributed by atoms with Crippen LogP contribution in [0.2, 0.25) is 0 Å². The van der Waals surface area contributed by atoms with Gasteiger partial charge in [0, 0.05) is 23.1 Å². The Hall–Kier alpha value is -1.16. The maximum atomic E-state index is 11.7. The molecule has 94 valence electrons. The van der Waals surface area contributed by atoms with Crippen LogP contribution >= 0.6 is 0 Å². The van der Waals surface area contributed by atoms with Gasteiger partial charge in [-0.3, -0.25) is 9.00 Å². The predicted molar refractivity (Wildman–Crippen MR) is 71.2 cm³/mol. The lowest BCUT2D eigenvalue weighted by molar-refractivity contribution is -0.118. The van der Waals surface area contributed by atoms with Crippen molar-refractivity contribution in [3.63, 3.8) is 0 Å². The van der Waals surface area contributed by atoms with Crippen molar-refractivity contribution in [1.29, 1.82) is 0 Å². The molecule has 17 heavy (non-hydrogen) atoms. The molecule has 1 aromatic rings. The molecule has 0 radical (unpaired) electrons. The lowest BCUT2D eigenvalue weighted by Crippen LogP contribution is -2.29. The number of amides is 1. The average Bonchev–Trinajstić information content (AvgIpc) is 2.26. The summed E-state index contributed by atoms with van der Waals surface area (Å²) in [5.41, 5.74) is 2.17. The van der Waals surface area contributed by atoms with Crippen molar-refractivity contribution in [3.05, 3.63) is 35.4 Å².